The number of carboxylic acid groups (broad SMARTS) is 1. The van der Waals surface area contributed by atoms with E-state index in [1.54, 1.807) is 0 Å². The van der Waals surface area contributed by atoms with Crippen LogP contribution in [0.1, 0.15) is 29.9 Å². The van der Waals surface area contributed by atoms with E-state index in [1.165, 1.54) is 18.2 Å². The second kappa shape index (κ2) is 10.0. The number of hydrogen-bond donors (Lipinski definition) is 3. The van der Waals surface area contributed by atoms with E-state index in [9.17, 15) is 14.4 Å². The Bertz CT molecular complexity index is 994. The fourth-order valence-corrected chi connectivity index (χ4v) is 4.46. The molecule has 1 saturated carbocycles. The van der Waals surface area contributed by atoms with Gasteiger partial charge >= 0.3 is 12.1 Å². The number of nitrogens with one attached hydrogen (secondary N) is 2. The molecule has 2 amide bonds. The fourth-order valence-electron chi connectivity index (χ4n) is 4.46. The molecule has 174 valence electrons. The fraction of sp³-hybridized carbons (Fsp3) is 0.400. The number of carboxylic acids is 1. The van der Waals surface area contributed by atoms with Gasteiger partial charge in [0.15, 0.2) is 6.10 Å². The van der Waals surface area contributed by atoms with Crippen LogP contribution in [0.2, 0.25) is 0 Å². The Balaban J connectivity index is 1.19. The number of alkyl carbamates (subject to hydrolysis) is 1. The van der Waals surface area contributed by atoms with Crippen LogP contribution in [0, 0.1) is 11.8 Å². The summed E-state index contributed by atoms with van der Waals surface area (Å²) >= 11 is 0. The molecule has 2 aromatic carbocycles. The first-order valence-corrected chi connectivity index (χ1v) is 11.1. The molecular formula is C25H28N2O6. The van der Waals surface area contributed by atoms with Crippen molar-refractivity contribution in [2.45, 2.75) is 24.9 Å². The molecule has 1 fully saturated rings. The van der Waals surface area contributed by atoms with Gasteiger partial charge in [0.1, 0.15) is 6.61 Å². The molecule has 0 heterocycles. The van der Waals surface area contributed by atoms with Gasteiger partial charge in [-0.1, -0.05) is 48.5 Å². The van der Waals surface area contributed by atoms with Crippen molar-refractivity contribution < 1.29 is 29.0 Å². The Labute approximate surface area is 192 Å². The van der Waals surface area contributed by atoms with Gasteiger partial charge in [-0.15, -0.1) is 0 Å². The molecule has 3 N–H and O–H groups in total. The van der Waals surface area contributed by atoms with Gasteiger partial charge < -0.3 is 25.2 Å². The monoisotopic (exact) mass is 452 g/mol. The van der Waals surface area contributed by atoms with Gasteiger partial charge in [0.05, 0.1) is 0 Å². The van der Waals surface area contributed by atoms with Crippen molar-refractivity contribution >= 4 is 18.0 Å². The number of amides is 2. The molecule has 2 aliphatic rings. The van der Waals surface area contributed by atoms with Gasteiger partial charge in [-0.25, -0.2) is 9.59 Å². The summed E-state index contributed by atoms with van der Waals surface area (Å²) in [5, 5.41) is 14.4. The smallest absolute Gasteiger partial charge is 0.407 e. The number of hydrogen-bond acceptors (Lipinski definition) is 5. The van der Waals surface area contributed by atoms with E-state index in [1.807, 2.05) is 24.3 Å². The molecule has 2 aliphatic carbocycles. The van der Waals surface area contributed by atoms with Crippen LogP contribution in [-0.4, -0.2) is 56.0 Å². The second-order valence-corrected chi connectivity index (χ2v) is 8.45. The molecular weight excluding hydrogens is 424 g/mol. The molecule has 0 aliphatic heterocycles. The van der Waals surface area contributed by atoms with Gasteiger partial charge in [0, 0.05) is 38.5 Å². The van der Waals surface area contributed by atoms with Crippen LogP contribution in [-0.2, 0) is 19.1 Å². The van der Waals surface area contributed by atoms with Crippen molar-refractivity contribution in [3.8, 4) is 11.1 Å². The van der Waals surface area contributed by atoms with Crippen LogP contribution in [0.3, 0.4) is 0 Å². The lowest BCUT2D eigenvalue weighted by Gasteiger charge is -2.14. The summed E-state index contributed by atoms with van der Waals surface area (Å²) in [6.45, 7) is 0.843. The first-order chi connectivity index (χ1) is 16.0. The standard InChI is InChI=1S/C25H28N2O6/c1-32-22(24(29)30)10-11-26-23(28)20-12-15(20)13-27-25(31)33-14-21-18-8-4-2-6-16(18)17-7-3-5-9-19(17)21/h2-9,15,20-22H,10-14H2,1H3,(H,26,28)(H,27,31)(H,29,30). The third-order valence-electron chi connectivity index (χ3n) is 6.38. The second-order valence-electron chi connectivity index (χ2n) is 8.45. The summed E-state index contributed by atoms with van der Waals surface area (Å²) in [5.74, 6) is -1.30. The Morgan fingerprint density at radius 1 is 1.03 bits per heavy atom. The first kappa shape index (κ1) is 22.8. The number of fused-ring (bicyclic) bond motifs is 3. The highest BCUT2D eigenvalue weighted by Crippen LogP contribution is 2.44. The van der Waals surface area contributed by atoms with E-state index >= 15 is 0 Å². The molecule has 33 heavy (non-hydrogen) atoms. The van der Waals surface area contributed by atoms with Gasteiger partial charge in [-0.3, -0.25) is 4.79 Å². The van der Waals surface area contributed by atoms with Crippen LogP contribution < -0.4 is 10.6 Å². The lowest BCUT2D eigenvalue weighted by molar-refractivity contribution is -0.149. The van der Waals surface area contributed by atoms with Crippen LogP contribution in [0.5, 0.6) is 0 Å². The van der Waals surface area contributed by atoms with Gasteiger partial charge in [-0.05, 0) is 34.6 Å². The number of carbonyl (C=O) groups is 3. The SMILES string of the molecule is COC(CCNC(=O)C1CC1CNC(=O)OCC1c2ccccc2-c2ccccc21)C(=O)O. The average Bonchev–Trinajstić information content (AvgIpc) is 3.54. The topological polar surface area (TPSA) is 114 Å². The zero-order valence-corrected chi connectivity index (χ0v) is 18.5. The summed E-state index contributed by atoms with van der Waals surface area (Å²) < 4.78 is 10.4. The maximum Gasteiger partial charge on any atom is 0.407 e. The Morgan fingerprint density at radius 3 is 2.27 bits per heavy atom. The summed E-state index contributed by atoms with van der Waals surface area (Å²) in [7, 11) is 1.33. The normalized spacial score (nSPS) is 19.2. The van der Waals surface area contributed by atoms with Gasteiger partial charge in [0.25, 0.3) is 0 Å². The minimum Gasteiger partial charge on any atom is -0.479 e. The number of aliphatic carboxylic acids is 1. The van der Waals surface area contributed by atoms with Crippen LogP contribution in [0.4, 0.5) is 4.79 Å². The zero-order valence-electron chi connectivity index (χ0n) is 18.5. The van der Waals surface area contributed by atoms with Crippen molar-refractivity contribution in [2.24, 2.45) is 11.8 Å². The molecule has 0 bridgehead atoms. The van der Waals surface area contributed by atoms with E-state index in [-0.39, 0.29) is 43.2 Å². The number of rotatable bonds is 10. The van der Waals surface area contributed by atoms with E-state index < -0.39 is 18.2 Å². The highest BCUT2D eigenvalue weighted by molar-refractivity contribution is 5.82. The average molecular weight is 453 g/mol. The van der Waals surface area contributed by atoms with Crippen LogP contribution in [0.25, 0.3) is 11.1 Å². The molecule has 4 rings (SSSR count). The lowest BCUT2D eigenvalue weighted by atomic mass is 9.98. The van der Waals surface area contributed by atoms with Crippen molar-refractivity contribution in [1.29, 1.82) is 0 Å². The van der Waals surface area contributed by atoms with Crippen LogP contribution >= 0.6 is 0 Å². The predicted molar refractivity (Wildman–Crippen MR) is 121 cm³/mol. The maximum atomic E-state index is 12.3. The third-order valence-corrected chi connectivity index (χ3v) is 6.38. The minimum absolute atomic E-state index is 0.00401. The van der Waals surface area contributed by atoms with E-state index in [2.05, 4.69) is 34.9 Å². The maximum absolute atomic E-state index is 12.3. The predicted octanol–water partition coefficient (Wildman–Crippen LogP) is 2.77. The molecule has 2 aromatic rings. The molecule has 0 radical (unpaired) electrons. The number of carbonyl (C=O) groups excluding carboxylic acids is 2. The van der Waals surface area contributed by atoms with Crippen molar-refractivity contribution in [1.82, 2.24) is 10.6 Å². The minimum atomic E-state index is -1.05. The number of methoxy groups -OCH3 is 1. The molecule has 8 nitrogen and oxygen atoms in total. The summed E-state index contributed by atoms with van der Waals surface area (Å²) in [6, 6.07) is 16.3. The van der Waals surface area contributed by atoms with E-state index in [4.69, 9.17) is 14.6 Å². The Hall–Kier alpha value is -3.39. The summed E-state index contributed by atoms with van der Waals surface area (Å²) in [5.41, 5.74) is 4.66. The summed E-state index contributed by atoms with van der Waals surface area (Å²) in [6.07, 6.45) is -0.544. The zero-order chi connectivity index (χ0) is 23.4. The lowest BCUT2D eigenvalue weighted by Crippen LogP contribution is -2.33. The number of benzene rings is 2. The first-order valence-electron chi connectivity index (χ1n) is 11.1. The highest BCUT2D eigenvalue weighted by Gasteiger charge is 2.43. The molecule has 0 saturated heterocycles. The van der Waals surface area contributed by atoms with Crippen molar-refractivity contribution in [3.05, 3.63) is 59.7 Å². The van der Waals surface area contributed by atoms with Gasteiger partial charge in [0.2, 0.25) is 5.91 Å². The largest absolute Gasteiger partial charge is 0.479 e. The van der Waals surface area contributed by atoms with Crippen molar-refractivity contribution in [2.75, 3.05) is 26.8 Å². The van der Waals surface area contributed by atoms with Crippen molar-refractivity contribution in [3.63, 3.8) is 0 Å². The third kappa shape index (κ3) is 5.17. The highest BCUT2D eigenvalue weighted by atomic mass is 16.5. The molecule has 0 aromatic heterocycles. The quantitative estimate of drug-likeness (QED) is 0.511. The molecule has 3 unspecified atom stereocenters. The molecule has 3 atom stereocenters. The molecule has 0 spiro atoms. The Morgan fingerprint density at radius 2 is 1.67 bits per heavy atom. The summed E-state index contributed by atoms with van der Waals surface area (Å²) in [4.78, 5) is 35.4. The van der Waals surface area contributed by atoms with E-state index in [0.29, 0.717) is 13.0 Å². The van der Waals surface area contributed by atoms with E-state index in [0.717, 1.165) is 11.1 Å². The molecule has 8 heteroatoms. The van der Waals surface area contributed by atoms with Crippen LogP contribution in [0.15, 0.2) is 48.5 Å². The van der Waals surface area contributed by atoms with Gasteiger partial charge in [-0.2, -0.15) is 0 Å². The number of ether oxygens (including phenoxy) is 2. The Kier molecular flexibility index (Phi) is 6.93.